The summed E-state index contributed by atoms with van der Waals surface area (Å²) in [5.74, 6) is -0.193. The molecule has 1 saturated heterocycles. The van der Waals surface area contributed by atoms with Crippen LogP contribution < -0.4 is 10.1 Å². The number of rotatable bonds is 8. The zero-order valence-electron chi connectivity index (χ0n) is 16.2. The minimum Gasteiger partial charge on any atom is -0.494 e. The Morgan fingerprint density at radius 1 is 1.36 bits per heavy atom. The maximum atomic E-state index is 13.7. The van der Waals surface area contributed by atoms with Crippen LogP contribution in [0.1, 0.15) is 36.8 Å². The van der Waals surface area contributed by atoms with Crippen molar-refractivity contribution in [3.8, 4) is 5.75 Å². The number of thiophene rings is 1. The first-order valence-electron chi connectivity index (χ1n) is 9.29. The molecule has 1 atom stereocenters. The molecule has 1 aliphatic heterocycles. The first kappa shape index (κ1) is 20.3. The number of hydrogen-bond donors (Lipinski definition) is 1. The van der Waals surface area contributed by atoms with E-state index in [9.17, 15) is 14.0 Å². The Morgan fingerprint density at radius 3 is 2.82 bits per heavy atom. The summed E-state index contributed by atoms with van der Waals surface area (Å²) in [4.78, 5) is 26.2. The Balaban J connectivity index is 1.66. The lowest BCUT2D eigenvalue weighted by atomic mass is 9.84. The molecule has 3 rings (SSSR count). The Hall–Kier alpha value is -2.41. The van der Waals surface area contributed by atoms with Gasteiger partial charge in [-0.2, -0.15) is 11.3 Å². The van der Waals surface area contributed by atoms with Gasteiger partial charge in [-0.3, -0.25) is 9.59 Å². The third-order valence-electron chi connectivity index (χ3n) is 5.24. The number of nitrogens with zero attached hydrogens (tertiary/aromatic N) is 1. The summed E-state index contributed by atoms with van der Waals surface area (Å²) in [5, 5.41) is 7.09. The Kier molecular flexibility index (Phi) is 6.34. The number of amides is 2. The van der Waals surface area contributed by atoms with Crippen LogP contribution >= 0.6 is 11.3 Å². The van der Waals surface area contributed by atoms with Gasteiger partial charge in [-0.25, -0.2) is 4.39 Å². The molecule has 0 saturated carbocycles. The second kappa shape index (κ2) is 8.73. The van der Waals surface area contributed by atoms with E-state index in [-0.39, 0.29) is 17.6 Å². The van der Waals surface area contributed by atoms with Gasteiger partial charge in [0.2, 0.25) is 11.8 Å². The number of nitrogens with one attached hydrogen (secondary N) is 1. The molecule has 150 valence electrons. The average Bonchev–Trinajstić information content (AvgIpc) is 3.31. The zero-order chi connectivity index (χ0) is 20.1. The van der Waals surface area contributed by atoms with Crippen molar-refractivity contribution < 1.29 is 18.7 Å². The largest absolute Gasteiger partial charge is 0.494 e. The lowest BCUT2D eigenvalue weighted by Gasteiger charge is -2.30. The zero-order valence-corrected chi connectivity index (χ0v) is 17.0. The van der Waals surface area contributed by atoms with Crippen molar-refractivity contribution in [3.05, 3.63) is 52.0 Å². The molecule has 1 aromatic heterocycles. The summed E-state index contributed by atoms with van der Waals surface area (Å²) < 4.78 is 18.8. The molecule has 7 heteroatoms. The standard InChI is InChI=1S/C21H25FN2O3S/c1-24(13-16-7-10-28-14-16)20(26)6-9-21(8-5-19(25)23-21)12-15-3-4-17(22)18(11-15)27-2/h3-4,7,10-11,14H,5-6,8-9,12-13H2,1-2H3,(H,23,25)/t21-/m0/s1. The molecule has 1 fully saturated rings. The summed E-state index contributed by atoms with van der Waals surface area (Å²) in [6.45, 7) is 0.580. The van der Waals surface area contributed by atoms with Crippen LogP contribution in [-0.4, -0.2) is 36.4 Å². The van der Waals surface area contributed by atoms with Crippen molar-refractivity contribution in [2.75, 3.05) is 14.2 Å². The summed E-state index contributed by atoms with van der Waals surface area (Å²) in [7, 11) is 3.22. The summed E-state index contributed by atoms with van der Waals surface area (Å²) >= 11 is 1.61. The predicted molar refractivity (Wildman–Crippen MR) is 107 cm³/mol. The van der Waals surface area contributed by atoms with E-state index in [4.69, 9.17) is 4.74 Å². The maximum absolute atomic E-state index is 13.7. The van der Waals surface area contributed by atoms with E-state index in [0.29, 0.717) is 38.6 Å². The Bertz CT molecular complexity index is 840. The van der Waals surface area contributed by atoms with Gasteiger partial charge in [0.15, 0.2) is 11.6 Å². The van der Waals surface area contributed by atoms with Crippen molar-refractivity contribution in [2.24, 2.45) is 0 Å². The fourth-order valence-electron chi connectivity index (χ4n) is 3.67. The van der Waals surface area contributed by atoms with E-state index in [1.807, 2.05) is 16.8 Å². The number of methoxy groups -OCH3 is 1. The van der Waals surface area contributed by atoms with E-state index in [0.717, 1.165) is 11.1 Å². The van der Waals surface area contributed by atoms with Gasteiger partial charge in [0.1, 0.15) is 0 Å². The van der Waals surface area contributed by atoms with E-state index in [1.54, 1.807) is 35.4 Å². The van der Waals surface area contributed by atoms with E-state index >= 15 is 0 Å². The molecule has 2 amide bonds. The second-order valence-corrected chi connectivity index (χ2v) is 8.14. The molecular formula is C21H25FN2O3S. The molecule has 1 aliphatic rings. The van der Waals surface area contributed by atoms with Crippen LogP contribution in [-0.2, 0) is 22.6 Å². The number of hydrogen-bond acceptors (Lipinski definition) is 4. The molecule has 0 spiro atoms. The quantitative estimate of drug-likeness (QED) is 0.732. The van der Waals surface area contributed by atoms with Gasteiger partial charge in [0.25, 0.3) is 0 Å². The lowest BCUT2D eigenvalue weighted by Crippen LogP contribution is -2.44. The fraction of sp³-hybridized carbons (Fsp3) is 0.429. The molecule has 0 aliphatic carbocycles. The van der Waals surface area contributed by atoms with Gasteiger partial charge in [-0.05, 0) is 59.3 Å². The molecule has 2 aromatic rings. The van der Waals surface area contributed by atoms with Gasteiger partial charge < -0.3 is 15.0 Å². The van der Waals surface area contributed by atoms with Crippen LogP contribution in [0.15, 0.2) is 35.0 Å². The average molecular weight is 405 g/mol. The van der Waals surface area contributed by atoms with Gasteiger partial charge in [0.05, 0.1) is 7.11 Å². The SMILES string of the molecule is COc1cc(C[C@@]2(CCC(=O)N(C)Cc3ccsc3)CCC(=O)N2)ccc1F. The highest BCUT2D eigenvalue weighted by Crippen LogP contribution is 2.31. The first-order valence-corrected chi connectivity index (χ1v) is 10.2. The Labute approximate surface area is 168 Å². The van der Waals surface area contributed by atoms with Crippen LogP contribution in [0.5, 0.6) is 5.75 Å². The molecule has 5 nitrogen and oxygen atoms in total. The predicted octanol–water partition coefficient (Wildman–Crippen LogP) is 3.53. The number of benzene rings is 1. The van der Waals surface area contributed by atoms with Crippen LogP contribution in [0.4, 0.5) is 4.39 Å². The first-order chi connectivity index (χ1) is 13.4. The van der Waals surface area contributed by atoms with Gasteiger partial charge in [-0.1, -0.05) is 6.07 Å². The van der Waals surface area contributed by atoms with Gasteiger partial charge >= 0.3 is 0 Å². The highest BCUT2D eigenvalue weighted by molar-refractivity contribution is 7.07. The van der Waals surface area contributed by atoms with Crippen molar-refractivity contribution in [1.29, 1.82) is 0 Å². The fourth-order valence-corrected chi connectivity index (χ4v) is 4.33. The normalized spacial score (nSPS) is 18.8. The number of carbonyl (C=O) groups is 2. The van der Waals surface area contributed by atoms with Gasteiger partial charge in [-0.15, -0.1) is 0 Å². The van der Waals surface area contributed by atoms with Crippen molar-refractivity contribution in [2.45, 2.75) is 44.2 Å². The van der Waals surface area contributed by atoms with Crippen LogP contribution in [0, 0.1) is 5.82 Å². The van der Waals surface area contributed by atoms with E-state index < -0.39 is 11.4 Å². The van der Waals surface area contributed by atoms with E-state index in [2.05, 4.69) is 5.32 Å². The van der Waals surface area contributed by atoms with Crippen LogP contribution in [0.2, 0.25) is 0 Å². The molecule has 0 bridgehead atoms. The highest BCUT2D eigenvalue weighted by atomic mass is 32.1. The van der Waals surface area contributed by atoms with Crippen LogP contribution in [0.25, 0.3) is 0 Å². The summed E-state index contributed by atoms with van der Waals surface area (Å²) in [6, 6.07) is 6.74. The van der Waals surface area contributed by atoms with Crippen molar-refractivity contribution >= 4 is 23.2 Å². The molecule has 28 heavy (non-hydrogen) atoms. The highest BCUT2D eigenvalue weighted by Gasteiger charge is 2.38. The third-order valence-corrected chi connectivity index (χ3v) is 5.97. The number of ether oxygens (including phenoxy) is 1. The van der Waals surface area contributed by atoms with Crippen molar-refractivity contribution in [1.82, 2.24) is 10.2 Å². The van der Waals surface area contributed by atoms with Crippen LogP contribution in [0.3, 0.4) is 0 Å². The van der Waals surface area contributed by atoms with E-state index in [1.165, 1.54) is 13.2 Å². The topological polar surface area (TPSA) is 58.6 Å². The molecule has 1 aromatic carbocycles. The van der Waals surface area contributed by atoms with Crippen molar-refractivity contribution in [3.63, 3.8) is 0 Å². The monoisotopic (exact) mass is 404 g/mol. The van der Waals surface area contributed by atoms with Gasteiger partial charge in [0, 0.05) is 32.0 Å². The molecule has 0 radical (unpaired) electrons. The Morgan fingerprint density at radius 2 is 2.18 bits per heavy atom. The number of halogens is 1. The molecule has 1 N–H and O–H groups in total. The molecule has 2 heterocycles. The second-order valence-electron chi connectivity index (χ2n) is 7.36. The smallest absolute Gasteiger partial charge is 0.222 e. The minimum atomic E-state index is -0.487. The maximum Gasteiger partial charge on any atom is 0.222 e. The third kappa shape index (κ3) is 4.90. The molecular weight excluding hydrogens is 379 g/mol. The number of carbonyl (C=O) groups excluding carboxylic acids is 2. The lowest BCUT2D eigenvalue weighted by molar-refractivity contribution is -0.131. The minimum absolute atomic E-state index is 0.00634. The molecule has 0 unspecified atom stereocenters. The summed E-state index contributed by atoms with van der Waals surface area (Å²) in [5.41, 5.74) is 1.50. The summed E-state index contributed by atoms with van der Waals surface area (Å²) in [6.07, 6.45) is 2.53.